The monoisotopic (exact) mass is 261 g/mol. The highest BCUT2D eigenvalue weighted by atomic mass is 16.4. The van der Waals surface area contributed by atoms with Crippen LogP contribution in [0.15, 0.2) is 24.3 Å². The quantitative estimate of drug-likeness (QED) is 0.851. The van der Waals surface area contributed by atoms with Crippen LogP contribution >= 0.6 is 0 Å². The topological polar surface area (TPSA) is 66.4 Å². The molecule has 4 heteroatoms. The Morgan fingerprint density at radius 1 is 1.32 bits per heavy atom. The van der Waals surface area contributed by atoms with E-state index in [1.54, 1.807) is 0 Å². The van der Waals surface area contributed by atoms with Crippen LogP contribution in [0.5, 0.6) is 0 Å². The summed E-state index contributed by atoms with van der Waals surface area (Å²) in [5.41, 5.74) is 2.39. The van der Waals surface area contributed by atoms with Gasteiger partial charge in [-0.15, -0.1) is 0 Å². The standard InChI is InChI=1S/C15H19NO3/c1-9-3-5-11(6-4-9)10(2)8-16-14(17)12-7-13(12)15(18)19/h3-6,10,12-13H,7-8H2,1-2H3,(H,16,17)(H,18,19). The van der Waals surface area contributed by atoms with Crippen molar-refractivity contribution in [2.45, 2.75) is 26.2 Å². The van der Waals surface area contributed by atoms with Crippen LogP contribution in [0.25, 0.3) is 0 Å². The molecule has 0 radical (unpaired) electrons. The lowest BCUT2D eigenvalue weighted by molar-refractivity contribution is -0.140. The normalized spacial score (nSPS) is 22.6. The first-order valence-corrected chi connectivity index (χ1v) is 6.56. The molecule has 1 saturated carbocycles. The van der Waals surface area contributed by atoms with E-state index in [4.69, 9.17) is 5.11 Å². The molecule has 0 heterocycles. The molecule has 0 bridgehead atoms. The molecule has 0 saturated heterocycles. The highest BCUT2D eigenvalue weighted by Crippen LogP contribution is 2.38. The summed E-state index contributed by atoms with van der Waals surface area (Å²) in [5, 5.41) is 11.6. The summed E-state index contributed by atoms with van der Waals surface area (Å²) in [5.74, 6) is -1.58. The predicted octanol–water partition coefficient (Wildman–Crippen LogP) is 1.94. The lowest BCUT2D eigenvalue weighted by Gasteiger charge is -2.13. The van der Waals surface area contributed by atoms with E-state index in [0.717, 1.165) is 0 Å². The van der Waals surface area contributed by atoms with E-state index < -0.39 is 11.9 Å². The number of carbonyl (C=O) groups is 2. The van der Waals surface area contributed by atoms with E-state index in [-0.39, 0.29) is 17.7 Å². The van der Waals surface area contributed by atoms with Crippen LogP contribution in [0.2, 0.25) is 0 Å². The average Bonchev–Trinajstić information content (AvgIpc) is 3.16. The number of rotatable bonds is 5. The SMILES string of the molecule is Cc1ccc(C(C)CNC(=O)C2CC2C(=O)O)cc1. The first-order chi connectivity index (χ1) is 8.99. The summed E-state index contributed by atoms with van der Waals surface area (Å²) >= 11 is 0. The summed E-state index contributed by atoms with van der Waals surface area (Å²) in [4.78, 5) is 22.4. The Morgan fingerprint density at radius 2 is 1.95 bits per heavy atom. The molecule has 1 aromatic rings. The van der Waals surface area contributed by atoms with Crippen molar-refractivity contribution >= 4 is 11.9 Å². The zero-order valence-electron chi connectivity index (χ0n) is 11.2. The first-order valence-electron chi connectivity index (χ1n) is 6.56. The molecule has 19 heavy (non-hydrogen) atoms. The van der Waals surface area contributed by atoms with Crippen molar-refractivity contribution in [3.63, 3.8) is 0 Å². The number of hydrogen-bond acceptors (Lipinski definition) is 2. The number of aryl methyl sites for hydroxylation is 1. The van der Waals surface area contributed by atoms with Gasteiger partial charge in [-0.3, -0.25) is 9.59 Å². The van der Waals surface area contributed by atoms with E-state index in [1.165, 1.54) is 11.1 Å². The summed E-state index contributed by atoms with van der Waals surface area (Å²) in [6.07, 6.45) is 0.472. The molecule has 1 fully saturated rings. The van der Waals surface area contributed by atoms with Gasteiger partial charge in [-0.1, -0.05) is 36.8 Å². The Labute approximate surface area is 112 Å². The van der Waals surface area contributed by atoms with Gasteiger partial charge in [0.05, 0.1) is 11.8 Å². The van der Waals surface area contributed by atoms with Gasteiger partial charge in [0, 0.05) is 6.54 Å². The lowest BCUT2D eigenvalue weighted by atomic mass is 10.00. The second-order valence-electron chi connectivity index (χ2n) is 5.34. The molecule has 4 nitrogen and oxygen atoms in total. The van der Waals surface area contributed by atoms with Crippen LogP contribution in [-0.2, 0) is 9.59 Å². The molecule has 102 valence electrons. The van der Waals surface area contributed by atoms with Gasteiger partial charge in [0.1, 0.15) is 0 Å². The Hall–Kier alpha value is -1.84. The molecular weight excluding hydrogens is 242 g/mol. The minimum Gasteiger partial charge on any atom is -0.481 e. The van der Waals surface area contributed by atoms with Crippen molar-refractivity contribution in [3.8, 4) is 0 Å². The molecule has 2 rings (SSSR count). The van der Waals surface area contributed by atoms with E-state index in [2.05, 4.69) is 29.6 Å². The Bertz CT molecular complexity index is 481. The highest BCUT2D eigenvalue weighted by Gasteiger charge is 2.48. The van der Waals surface area contributed by atoms with Crippen molar-refractivity contribution in [2.24, 2.45) is 11.8 Å². The van der Waals surface area contributed by atoms with Crippen molar-refractivity contribution in [3.05, 3.63) is 35.4 Å². The fourth-order valence-electron chi connectivity index (χ4n) is 2.16. The van der Waals surface area contributed by atoms with Gasteiger partial charge in [-0.05, 0) is 24.8 Å². The van der Waals surface area contributed by atoms with E-state index in [1.807, 2.05) is 13.8 Å². The number of carboxylic acids is 1. The smallest absolute Gasteiger partial charge is 0.307 e. The minimum atomic E-state index is -0.869. The molecule has 0 aliphatic heterocycles. The predicted molar refractivity (Wildman–Crippen MR) is 71.8 cm³/mol. The van der Waals surface area contributed by atoms with Gasteiger partial charge >= 0.3 is 5.97 Å². The second-order valence-corrected chi connectivity index (χ2v) is 5.34. The fraction of sp³-hybridized carbons (Fsp3) is 0.467. The maximum Gasteiger partial charge on any atom is 0.307 e. The van der Waals surface area contributed by atoms with Crippen molar-refractivity contribution in [1.29, 1.82) is 0 Å². The number of carboxylic acid groups (broad SMARTS) is 1. The number of benzene rings is 1. The highest BCUT2D eigenvalue weighted by molar-refractivity contribution is 5.89. The zero-order valence-corrected chi connectivity index (χ0v) is 11.2. The summed E-state index contributed by atoms with van der Waals surface area (Å²) in [7, 11) is 0. The largest absolute Gasteiger partial charge is 0.481 e. The number of carbonyl (C=O) groups excluding carboxylic acids is 1. The number of nitrogens with one attached hydrogen (secondary N) is 1. The van der Waals surface area contributed by atoms with Crippen molar-refractivity contribution in [2.75, 3.05) is 6.54 Å². The Kier molecular flexibility index (Phi) is 3.88. The third kappa shape index (κ3) is 3.34. The molecule has 1 amide bonds. The van der Waals surface area contributed by atoms with Gasteiger partial charge in [0.15, 0.2) is 0 Å². The molecular formula is C15H19NO3. The van der Waals surface area contributed by atoms with Crippen LogP contribution in [-0.4, -0.2) is 23.5 Å². The van der Waals surface area contributed by atoms with Gasteiger partial charge < -0.3 is 10.4 Å². The van der Waals surface area contributed by atoms with Gasteiger partial charge in [-0.25, -0.2) is 0 Å². The van der Waals surface area contributed by atoms with Crippen LogP contribution in [0.1, 0.15) is 30.4 Å². The molecule has 1 aromatic carbocycles. The average molecular weight is 261 g/mol. The van der Waals surface area contributed by atoms with Gasteiger partial charge in [0.25, 0.3) is 0 Å². The summed E-state index contributed by atoms with van der Waals surface area (Å²) in [6, 6.07) is 8.22. The summed E-state index contributed by atoms with van der Waals surface area (Å²) in [6.45, 7) is 4.63. The van der Waals surface area contributed by atoms with E-state index in [9.17, 15) is 9.59 Å². The molecule has 3 atom stereocenters. The number of hydrogen-bond donors (Lipinski definition) is 2. The van der Waals surface area contributed by atoms with Crippen LogP contribution < -0.4 is 5.32 Å². The Balaban J connectivity index is 1.81. The zero-order chi connectivity index (χ0) is 14.0. The number of aliphatic carboxylic acids is 1. The molecule has 2 N–H and O–H groups in total. The minimum absolute atomic E-state index is 0.133. The molecule has 1 aliphatic rings. The second kappa shape index (κ2) is 5.43. The number of amides is 1. The lowest BCUT2D eigenvalue weighted by Crippen LogP contribution is -2.29. The summed E-state index contributed by atoms with van der Waals surface area (Å²) < 4.78 is 0. The Morgan fingerprint density at radius 3 is 2.47 bits per heavy atom. The first kappa shape index (κ1) is 13.6. The molecule has 0 aromatic heterocycles. The third-order valence-corrected chi connectivity index (χ3v) is 3.67. The fourth-order valence-corrected chi connectivity index (χ4v) is 2.16. The maximum absolute atomic E-state index is 11.7. The van der Waals surface area contributed by atoms with Gasteiger partial charge in [-0.2, -0.15) is 0 Å². The van der Waals surface area contributed by atoms with Crippen molar-refractivity contribution < 1.29 is 14.7 Å². The molecule has 0 spiro atoms. The van der Waals surface area contributed by atoms with Crippen molar-refractivity contribution in [1.82, 2.24) is 5.32 Å². The van der Waals surface area contributed by atoms with Crippen LogP contribution in [0.3, 0.4) is 0 Å². The van der Waals surface area contributed by atoms with Crippen LogP contribution in [0, 0.1) is 18.8 Å². The van der Waals surface area contributed by atoms with E-state index >= 15 is 0 Å². The van der Waals surface area contributed by atoms with E-state index in [0.29, 0.717) is 13.0 Å². The molecule has 3 unspecified atom stereocenters. The van der Waals surface area contributed by atoms with Gasteiger partial charge in [0.2, 0.25) is 5.91 Å². The third-order valence-electron chi connectivity index (χ3n) is 3.67. The van der Waals surface area contributed by atoms with Crippen LogP contribution in [0.4, 0.5) is 0 Å². The maximum atomic E-state index is 11.7. The molecule has 1 aliphatic carbocycles.